The van der Waals surface area contributed by atoms with Crippen molar-refractivity contribution in [2.24, 2.45) is 28.7 Å². The number of halogens is 3. The van der Waals surface area contributed by atoms with E-state index < -0.39 is 36.1 Å². The van der Waals surface area contributed by atoms with Crippen molar-refractivity contribution in [3.8, 4) is 0 Å². The van der Waals surface area contributed by atoms with Crippen molar-refractivity contribution in [2.45, 2.75) is 71.3 Å². The normalized spacial score (nSPS) is 20.0. The smallest absolute Gasteiger partial charge is 0.264 e. The van der Waals surface area contributed by atoms with Crippen molar-refractivity contribution < 1.29 is 48.1 Å². The Hall–Kier alpha value is -7.81. The zero-order valence-electron chi connectivity index (χ0n) is 53.4. The predicted molar refractivity (Wildman–Crippen MR) is 395 cm³/mol. The lowest BCUT2D eigenvalue weighted by atomic mass is 9.84. The summed E-state index contributed by atoms with van der Waals surface area (Å²) in [5.74, 6) is 0.695. The number of benzene rings is 8. The average Bonchev–Trinajstić information content (AvgIpc) is 1.62. The van der Waals surface area contributed by atoms with E-state index in [2.05, 4.69) is 121 Å². The molecule has 4 bridgehead atoms. The number of hydrogen-bond acceptors (Lipinski definition) is 10. The van der Waals surface area contributed by atoms with Crippen LogP contribution in [-0.4, -0.2) is 101 Å². The van der Waals surface area contributed by atoms with Gasteiger partial charge >= 0.3 is 0 Å². The first kappa shape index (κ1) is 69.1. The number of fused-ring (bicyclic) bond motifs is 4. The maximum absolute atomic E-state index is 11.6. The van der Waals surface area contributed by atoms with Crippen molar-refractivity contribution in [1.29, 1.82) is 0 Å². The van der Waals surface area contributed by atoms with Gasteiger partial charge in [-0.15, -0.1) is 12.4 Å². The Morgan fingerprint density at radius 2 is 1.09 bits per heavy atom. The first-order valence-corrected chi connectivity index (χ1v) is 38.2. The summed E-state index contributed by atoms with van der Waals surface area (Å²) in [5, 5.41) is 13.9. The lowest BCUT2D eigenvalue weighted by molar-refractivity contribution is -0.436. The van der Waals surface area contributed by atoms with Crippen molar-refractivity contribution in [2.75, 3.05) is 35.7 Å². The highest BCUT2D eigenvalue weighted by atomic mass is 35.5. The first-order valence-electron chi connectivity index (χ1n) is 32.7. The minimum atomic E-state index is -4.33. The van der Waals surface area contributed by atoms with E-state index in [1.54, 1.807) is 0 Å². The molecule has 2 aliphatic heterocycles. The number of rotatable bonds is 19. The van der Waals surface area contributed by atoms with Crippen LogP contribution in [-0.2, 0) is 36.9 Å². The second-order valence-corrected chi connectivity index (χ2v) is 30.9. The van der Waals surface area contributed by atoms with E-state index in [-0.39, 0.29) is 36.8 Å². The molecule has 8 aromatic carbocycles. The molecule has 9 aromatic rings. The Kier molecular flexibility index (Phi) is 20.9. The highest BCUT2D eigenvalue weighted by Gasteiger charge is 2.39. The van der Waals surface area contributed by atoms with E-state index in [9.17, 15) is 38.9 Å². The van der Waals surface area contributed by atoms with Crippen LogP contribution in [0, 0.1) is 23.7 Å². The van der Waals surface area contributed by atoms with Crippen LogP contribution >= 0.6 is 35.6 Å². The van der Waals surface area contributed by atoms with Gasteiger partial charge in [-0.25, -0.2) is 16.8 Å². The van der Waals surface area contributed by atoms with E-state index in [0.29, 0.717) is 49.7 Å². The molecular formula is C77H74Cl3N5O9S3. The fourth-order valence-electron chi connectivity index (χ4n) is 15.2. The third-order valence-corrected chi connectivity index (χ3v) is 22.8. The number of anilines is 1. The lowest BCUT2D eigenvalue weighted by Gasteiger charge is -2.24. The molecule has 6 aliphatic rings. The molecule has 1 aromatic heterocycles. The molecule has 97 heavy (non-hydrogen) atoms. The van der Waals surface area contributed by atoms with Crippen LogP contribution in [0.1, 0.15) is 75.8 Å². The molecule has 20 heteroatoms. The second-order valence-electron chi connectivity index (χ2n) is 25.5. The van der Waals surface area contributed by atoms with Crippen LogP contribution in [0.15, 0.2) is 232 Å². The van der Waals surface area contributed by atoms with Gasteiger partial charge in [0.25, 0.3) is 10.1 Å². The molecule has 4 aliphatic carbocycles. The predicted octanol–water partition coefficient (Wildman–Crippen LogP) is 16.2. The molecule has 4 unspecified atom stereocenters. The zero-order valence-corrected chi connectivity index (χ0v) is 58.2. The summed E-state index contributed by atoms with van der Waals surface area (Å²) >= 11 is 14.1. The molecule has 2 saturated carbocycles. The summed E-state index contributed by atoms with van der Waals surface area (Å²) in [4.78, 5) is 4.63. The van der Waals surface area contributed by atoms with Crippen molar-refractivity contribution in [1.82, 2.24) is 4.57 Å². The fraction of sp³-hybridized carbons (Fsp3) is 0.260. The third-order valence-electron chi connectivity index (χ3n) is 19.5. The molecule has 3 heterocycles. The third kappa shape index (κ3) is 15.3. The first-order chi connectivity index (χ1) is 46.2. The van der Waals surface area contributed by atoms with Crippen LogP contribution in [0.3, 0.4) is 0 Å². The number of para-hydroxylation sites is 2. The number of hydrogen-bond donors (Lipinski definition) is 2. The zero-order chi connectivity index (χ0) is 66.9. The van der Waals surface area contributed by atoms with Crippen molar-refractivity contribution in [3.05, 3.63) is 243 Å². The van der Waals surface area contributed by atoms with Gasteiger partial charge in [-0.3, -0.25) is 9.55 Å². The number of aryl methyl sites for hydroxylation is 1. The molecular weight excluding hydrogens is 1340 g/mol. The molecule has 0 radical (unpaired) electrons. The van der Waals surface area contributed by atoms with Gasteiger partial charge in [-0.2, -0.15) is 17.6 Å². The minimum Gasteiger partial charge on any atom is -0.748 e. The summed E-state index contributed by atoms with van der Waals surface area (Å²) in [6.45, 7) is 3.39. The molecule has 2 fully saturated rings. The van der Waals surface area contributed by atoms with E-state index >= 15 is 0 Å². The summed E-state index contributed by atoms with van der Waals surface area (Å²) in [5.41, 5.74) is 14.0. The van der Waals surface area contributed by atoms with Gasteiger partial charge in [0.2, 0.25) is 17.1 Å². The maximum Gasteiger partial charge on any atom is 0.264 e. The molecule has 4 atom stereocenters. The van der Waals surface area contributed by atoms with Gasteiger partial charge in [0.15, 0.2) is 12.3 Å². The van der Waals surface area contributed by atoms with E-state index in [4.69, 9.17) is 23.2 Å². The van der Waals surface area contributed by atoms with Crippen LogP contribution in [0.5, 0.6) is 0 Å². The van der Waals surface area contributed by atoms with Gasteiger partial charge in [0, 0.05) is 101 Å². The van der Waals surface area contributed by atoms with Gasteiger partial charge in [-0.05, 0) is 156 Å². The lowest BCUT2D eigenvalue weighted by Crippen LogP contribution is -2.19. The average molecular weight is 1420 g/mol. The molecule has 15 rings (SSSR count). The highest BCUT2D eigenvalue weighted by molar-refractivity contribution is 7.86. The second kappa shape index (κ2) is 29.3. The number of nitrogens with zero attached hydrogens (tertiary/aromatic N) is 4. The Morgan fingerprint density at radius 3 is 1.73 bits per heavy atom. The van der Waals surface area contributed by atoms with Gasteiger partial charge in [-0.1, -0.05) is 151 Å². The Morgan fingerprint density at radius 1 is 0.567 bits per heavy atom. The molecule has 0 spiro atoms. The van der Waals surface area contributed by atoms with Crippen LogP contribution in [0.25, 0.3) is 49.3 Å². The van der Waals surface area contributed by atoms with Gasteiger partial charge < -0.3 is 19.0 Å². The summed E-state index contributed by atoms with van der Waals surface area (Å²) < 4.78 is 105. The molecule has 14 nitrogen and oxygen atoms in total. The highest BCUT2D eigenvalue weighted by Crippen LogP contribution is 2.51. The Bertz CT molecular complexity index is 5220. The minimum absolute atomic E-state index is 0. The summed E-state index contributed by atoms with van der Waals surface area (Å²) in [6.07, 6.45) is 20.0. The summed E-state index contributed by atoms with van der Waals surface area (Å²) in [6, 6.07) is 57.1. The van der Waals surface area contributed by atoms with Crippen LogP contribution in [0.2, 0.25) is 0 Å². The SMILES string of the molecule is CC1=[N+](CCCS(=O)(=O)[O-])c2cccc3cccc1c23.Cl.ClC1=C(C=Nc2ccccc2)C2CCC(C2)/C1=C\Nc1ccccc1.O=S(=O)([O-])CCC[N+]1=C(/C=C/C2=C(Cl)C(=C/C=c3c4cccc5cccc(c54)n3CCCS(=O)(=O)O)/C3CCC2C3)c2cccc3cccc1c23. The largest absolute Gasteiger partial charge is 0.748 e. The van der Waals surface area contributed by atoms with E-state index in [1.807, 2.05) is 116 Å². The van der Waals surface area contributed by atoms with Gasteiger partial charge in [0.05, 0.1) is 58.6 Å². The number of allylic oxidation sites excluding steroid dienone is 9. The quantitative estimate of drug-likeness (QED) is 0.0445. The number of nitrogens with one attached hydrogen (secondary N) is 1. The van der Waals surface area contributed by atoms with Gasteiger partial charge in [0.1, 0.15) is 6.54 Å². The standard InChI is InChI=1S/C40H37ClN2O6S2.C22H21ClN2.C15H15NO3S.ClH/c41-40-30(17-19-34-32-11-1-7-26-9-3-13-36(38(26)32)42(34)21-5-23-50(44,45)46)28-15-16-29(25-28)31(40)18-20-35-33-12-2-8-27-10-4-14-37(39(27)33)43(35)22-6-24-51(47,48)49;23-22-20(14-24-18-7-3-1-4-8-18)16-11-12-17(13-16)21(22)15-25-19-9-5-2-6-10-19;1-11-13-7-2-5-12-6-3-8-14(15(12)13)16(11)9-4-10-20(17,18)19;/h1-4,7-14,17-20,28-29H,5-6,15-16,21-25H2,(H-,44,45,46,47,48,49);1-10,14-17,24H,11-13H2;2-3,5-8H,4,9-10H2,1H3;1H/b;20-14+,25-15?;;. The monoisotopic (exact) mass is 1410 g/mol. The van der Waals surface area contributed by atoms with Crippen molar-refractivity contribution in [3.63, 3.8) is 0 Å². The Balaban J connectivity index is 0.000000161. The molecule has 0 saturated heterocycles. The summed E-state index contributed by atoms with van der Waals surface area (Å²) in [7, 11) is -12.6. The molecule has 0 amide bonds. The Labute approximate surface area is 582 Å². The molecule has 500 valence electrons. The van der Waals surface area contributed by atoms with E-state index in [0.717, 1.165) is 118 Å². The van der Waals surface area contributed by atoms with E-state index in [1.165, 1.54) is 46.7 Å². The number of aliphatic imine (C=N–C) groups is 1. The molecule has 2 N–H and O–H groups in total. The fourth-order valence-corrected chi connectivity index (χ4v) is 17.5. The topological polar surface area (TPSA) is 204 Å². The van der Waals surface area contributed by atoms with Crippen LogP contribution < -0.4 is 10.7 Å². The van der Waals surface area contributed by atoms with Crippen molar-refractivity contribution >= 4 is 156 Å². The number of aromatic nitrogens is 1. The maximum atomic E-state index is 11.6. The van der Waals surface area contributed by atoms with Crippen LogP contribution in [0.4, 0.5) is 22.7 Å².